The molecular formula is C20H20N4O3. The van der Waals surface area contributed by atoms with Gasteiger partial charge in [-0.2, -0.15) is 0 Å². The van der Waals surface area contributed by atoms with E-state index >= 15 is 0 Å². The number of nitrogens with one attached hydrogen (secondary N) is 1. The van der Waals surface area contributed by atoms with Crippen LogP contribution in [0.25, 0.3) is 22.3 Å². The number of carbonyl (C=O) groups is 1. The molecule has 0 spiro atoms. The number of hydrogen-bond donors (Lipinski definition) is 2. The van der Waals surface area contributed by atoms with Crippen LogP contribution in [0.2, 0.25) is 0 Å². The second-order valence-electron chi connectivity index (χ2n) is 6.44. The summed E-state index contributed by atoms with van der Waals surface area (Å²) in [5, 5.41) is 3.96. The van der Waals surface area contributed by atoms with Crippen molar-refractivity contribution in [3.63, 3.8) is 0 Å². The van der Waals surface area contributed by atoms with Crippen molar-refractivity contribution in [3.8, 4) is 22.9 Å². The fourth-order valence-electron chi connectivity index (χ4n) is 3.24. The highest BCUT2D eigenvalue weighted by atomic mass is 16.5. The molecule has 7 nitrogen and oxygen atoms in total. The molecule has 138 valence electrons. The van der Waals surface area contributed by atoms with Crippen LogP contribution in [0.4, 0.5) is 0 Å². The van der Waals surface area contributed by atoms with Gasteiger partial charge >= 0.3 is 0 Å². The van der Waals surface area contributed by atoms with Gasteiger partial charge in [0.15, 0.2) is 0 Å². The maximum atomic E-state index is 11.4. The largest absolute Gasteiger partial charge is 0.497 e. The lowest BCUT2D eigenvalue weighted by atomic mass is 10.1. The third-order valence-electron chi connectivity index (χ3n) is 4.63. The van der Waals surface area contributed by atoms with Crippen LogP contribution in [-0.4, -0.2) is 41.7 Å². The molecule has 1 aliphatic rings. The summed E-state index contributed by atoms with van der Waals surface area (Å²) in [5.41, 5.74) is 7.61. The number of ether oxygens (including phenoxy) is 2. The second-order valence-corrected chi connectivity index (χ2v) is 6.44. The van der Waals surface area contributed by atoms with E-state index in [0.29, 0.717) is 24.4 Å². The van der Waals surface area contributed by atoms with E-state index in [1.807, 2.05) is 42.5 Å². The first-order chi connectivity index (χ1) is 13.1. The van der Waals surface area contributed by atoms with Crippen LogP contribution in [-0.2, 0) is 4.79 Å². The molecule has 0 saturated carbocycles. The quantitative estimate of drug-likeness (QED) is 0.717. The first-order valence-electron chi connectivity index (χ1n) is 8.73. The molecule has 2 atom stereocenters. The average molecular weight is 364 g/mol. The molecule has 2 unspecified atom stereocenters. The Hall–Kier alpha value is -3.19. The van der Waals surface area contributed by atoms with E-state index in [0.717, 1.165) is 22.3 Å². The summed E-state index contributed by atoms with van der Waals surface area (Å²) in [5.74, 6) is 1.05. The van der Waals surface area contributed by atoms with Crippen molar-refractivity contribution in [2.45, 2.75) is 18.6 Å². The summed E-state index contributed by atoms with van der Waals surface area (Å²) in [4.78, 5) is 20.5. The van der Waals surface area contributed by atoms with Crippen LogP contribution >= 0.6 is 0 Å². The van der Waals surface area contributed by atoms with Gasteiger partial charge in [-0.3, -0.25) is 9.78 Å². The maximum Gasteiger partial charge on any atom is 0.234 e. The zero-order valence-corrected chi connectivity index (χ0v) is 14.9. The number of primary amides is 1. The van der Waals surface area contributed by atoms with Crippen molar-refractivity contribution in [2.75, 3.05) is 13.7 Å². The van der Waals surface area contributed by atoms with Crippen LogP contribution in [0.3, 0.4) is 0 Å². The average Bonchev–Trinajstić information content (AvgIpc) is 3.17. The zero-order valence-electron chi connectivity index (χ0n) is 14.9. The van der Waals surface area contributed by atoms with Crippen LogP contribution < -0.4 is 20.5 Å². The Kier molecular flexibility index (Phi) is 4.60. The van der Waals surface area contributed by atoms with Crippen LogP contribution in [0, 0.1) is 0 Å². The lowest BCUT2D eigenvalue weighted by Crippen LogP contribution is -2.36. The molecule has 1 amide bonds. The number of hydrogen-bond acceptors (Lipinski definition) is 6. The van der Waals surface area contributed by atoms with E-state index < -0.39 is 0 Å². The number of fused-ring (bicyclic) bond motifs is 1. The van der Waals surface area contributed by atoms with E-state index in [2.05, 4.69) is 10.3 Å². The standard InChI is InChI=1S/C20H20N4O3/c1-26-12-5-6-14-16(8-12)24-17(15-4-2-3-7-22-15)10-19(14)27-13-9-18(20(21)25)23-11-13/h2-8,10,13,18,23H,9,11H2,1H3,(H2,21,25). The normalized spacial score (nSPS) is 19.1. The van der Waals surface area contributed by atoms with Gasteiger partial charge in [-0.05, 0) is 24.3 Å². The molecule has 3 heterocycles. The molecular weight excluding hydrogens is 344 g/mol. The molecule has 0 aliphatic carbocycles. The topological polar surface area (TPSA) is 99.4 Å². The van der Waals surface area contributed by atoms with Crippen molar-refractivity contribution in [3.05, 3.63) is 48.7 Å². The summed E-state index contributed by atoms with van der Waals surface area (Å²) in [6.07, 6.45) is 2.12. The predicted molar refractivity (Wildman–Crippen MR) is 102 cm³/mol. The van der Waals surface area contributed by atoms with Crippen molar-refractivity contribution in [1.29, 1.82) is 0 Å². The molecule has 2 aromatic heterocycles. The molecule has 4 rings (SSSR count). The van der Waals surface area contributed by atoms with Gasteiger partial charge in [0, 0.05) is 36.7 Å². The number of nitrogens with zero attached hydrogens (tertiary/aromatic N) is 2. The molecule has 1 aromatic carbocycles. The highest BCUT2D eigenvalue weighted by Crippen LogP contribution is 2.33. The van der Waals surface area contributed by atoms with Crippen LogP contribution in [0.15, 0.2) is 48.7 Å². The summed E-state index contributed by atoms with van der Waals surface area (Å²) < 4.78 is 11.5. The summed E-state index contributed by atoms with van der Waals surface area (Å²) in [7, 11) is 1.62. The van der Waals surface area contributed by atoms with Crippen molar-refractivity contribution < 1.29 is 14.3 Å². The van der Waals surface area contributed by atoms with Gasteiger partial charge < -0.3 is 20.5 Å². The van der Waals surface area contributed by atoms with Gasteiger partial charge in [-0.15, -0.1) is 0 Å². The van der Waals surface area contributed by atoms with Crippen LogP contribution in [0.5, 0.6) is 11.5 Å². The number of rotatable bonds is 5. The van der Waals surface area contributed by atoms with E-state index in [4.69, 9.17) is 20.2 Å². The number of benzene rings is 1. The summed E-state index contributed by atoms with van der Waals surface area (Å²) >= 11 is 0. The molecule has 0 bridgehead atoms. The third-order valence-corrected chi connectivity index (χ3v) is 4.63. The highest BCUT2D eigenvalue weighted by Gasteiger charge is 2.29. The Balaban J connectivity index is 1.74. The molecule has 7 heteroatoms. The molecule has 1 saturated heterocycles. The first kappa shape index (κ1) is 17.2. The molecule has 3 aromatic rings. The molecule has 1 fully saturated rings. The van der Waals surface area contributed by atoms with Gasteiger partial charge in [-0.1, -0.05) is 6.07 Å². The number of carbonyl (C=O) groups excluding carboxylic acids is 1. The van der Waals surface area contributed by atoms with Crippen molar-refractivity contribution in [2.24, 2.45) is 5.73 Å². The second kappa shape index (κ2) is 7.20. The maximum absolute atomic E-state index is 11.4. The monoisotopic (exact) mass is 364 g/mol. The highest BCUT2D eigenvalue weighted by molar-refractivity contribution is 5.88. The molecule has 27 heavy (non-hydrogen) atoms. The fourth-order valence-corrected chi connectivity index (χ4v) is 3.24. The number of aromatic nitrogens is 2. The van der Waals surface area contributed by atoms with Gasteiger partial charge in [-0.25, -0.2) is 4.98 Å². The van der Waals surface area contributed by atoms with Crippen molar-refractivity contribution in [1.82, 2.24) is 15.3 Å². The minimum atomic E-state index is -0.363. The number of methoxy groups -OCH3 is 1. The summed E-state index contributed by atoms with van der Waals surface area (Å²) in [6.45, 7) is 0.562. The Labute approximate surface area is 156 Å². The fraction of sp³-hybridized carbons (Fsp3) is 0.250. The van der Waals surface area contributed by atoms with E-state index in [-0.39, 0.29) is 18.1 Å². The summed E-state index contributed by atoms with van der Waals surface area (Å²) in [6, 6.07) is 12.9. The Morgan fingerprint density at radius 1 is 1.22 bits per heavy atom. The van der Waals surface area contributed by atoms with Gasteiger partial charge in [0.2, 0.25) is 5.91 Å². The lowest BCUT2D eigenvalue weighted by Gasteiger charge is -2.16. The lowest BCUT2D eigenvalue weighted by molar-refractivity contribution is -0.119. The Morgan fingerprint density at radius 2 is 2.11 bits per heavy atom. The number of pyridine rings is 2. The molecule has 1 aliphatic heterocycles. The third kappa shape index (κ3) is 3.54. The zero-order chi connectivity index (χ0) is 18.8. The van der Waals surface area contributed by atoms with E-state index in [1.54, 1.807) is 13.3 Å². The predicted octanol–water partition coefficient (Wildman–Crippen LogP) is 1.90. The Bertz CT molecular complexity index is 978. The molecule has 3 N–H and O–H groups in total. The van der Waals surface area contributed by atoms with E-state index in [9.17, 15) is 4.79 Å². The van der Waals surface area contributed by atoms with Gasteiger partial charge in [0.25, 0.3) is 0 Å². The van der Waals surface area contributed by atoms with E-state index in [1.165, 1.54) is 0 Å². The smallest absolute Gasteiger partial charge is 0.234 e. The van der Waals surface area contributed by atoms with Crippen molar-refractivity contribution >= 4 is 16.8 Å². The first-order valence-corrected chi connectivity index (χ1v) is 8.73. The Morgan fingerprint density at radius 3 is 2.81 bits per heavy atom. The van der Waals surface area contributed by atoms with Gasteiger partial charge in [0.05, 0.1) is 30.1 Å². The molecule has 0 radical (unpaired) electrons. The number of nitrogens with two attached hydrogens (primary N) is 1. The van der Waals surface area contributed by atoms with Crippen LogP contribution in [0.1, 0.15) is 6.42 Å². The van der Waals surface area contributed by atoms with Gasteiger partial charge in [0.1, 0.15) is 17.6 Å². The SMILES string of the molecule is COc1ccc2c(OC3CNC(C(N)=O)C3)cc(-c3ccccn3)nc2c1. The minimum absolute atomic E-state index is 0.146. The number of amides is 1. The minimum Gasteiger partial charge on any atom is -0.497 e.